The molecule has 0 aliphatic heterocycles. The van der Waals surface area contributed by atoms with E-state index in [2.05, 4.69) is 228 Å². The molecule has 12 rings (SSSR count). The number of para-hydroxylation sites is 2. The van der Waals surface area contributed by atoms with Gasteiger partial charge < -0.3 is 9.47 Å². The molecule has 0 amide bonds. The largest absolute Gasteiger partial charge is 0.310 e. The van der Waals surface area contributed by atoms with Crippen LogP contribution in [-0.4, -0.2) is 4.57 Å². The van der Waals surface area contributed by atoms with Gasteiger partial charge in [-0.25, -0.2) is 0 Å². The van der Waals surface area contributed by atoms with Crippen molar-refractivity contribution in [1.82, 2.24) is 4.57 Å². The summed E-state index contributed by atoms with van der Waals surface area (Å²) < 4.78 is 4.99. The predicted molar refractivity (Wildman–Crippen MR) is 254 cm³/mol. The summed E-state index contributed by atoms with van der Waals surface area (Å²) in [6.45, 7) is 0. The highest BCUT2D eigenvalue weighted by molar-refractivity contribution is 7.26. The van der Waals surface area contributed by atoms with E-state index >= 15 is 0 Å². The number of hydrogen-bond donors (Lipinski definition) is 0. The average Bonchev–Trinajstić information content (AvgIpc) is 3.85. The Kier molecular flexibility index (Phi) is 7.75. The Morgan fingerprint density at radius 1 is 0.339 bits per heavy atom. The molecule has 12 aromatic rings. The van der Waals surface area contributed by atoms with Gasteiger partial charge in [-0.1, -0.05) is 152 Å². The van der Waals surface area contributed by atoms with E-state index in [1.165, 1.54) is 85.8 Å². The van der Waals surface area contributed by atoms with Crippen LogP contribution < -0.4 is 4.90 Å². The first-order valence-corrected chi connectivity index (χ1v) is 21.0. The fourth-order valence-electron chi connectivity index (χ4n) is 9.21. The number of thiophene rings is 1. The molecule has 0 saturated heterocycles. The van der Waals surface area contributed by atoms with Gasteiger partial charge in [-0.05, 0) is 111 Å². The smallest absolute Gasteiger partial charge is 0.0561 e. The molecule has 0 aliphatic carbocycles. The minimum absolute atomic E-state index is 1.10. The van der Waals surface area contributed by atoms with Crippen molar-refractivity contribution in [2.75, 3.05) is 4.90 Å². The Morgan fingerprint density at radius 3 is 1.81 bits per heavy atom. The summed E-state index contributed by atoms with van der Waals surface area (Å²) in [5.74, 6) is 0. The molecule has 0 spiro atoms. The third-order valence-electron chi connectivity index (χ3n) is 11.9. The Labute approximate surface area is 346 Å². The van der Waals surface area contributed by atoms with E-state index in [9.17, 15) is 0 Å². The first-order chi connectivity index (χ1) is 29.2. The van der Waals surface area contributed by atoms with E-state index in [1.807, 2.05) is 11.3 Å². The Balaban J connectivity index is 1.11. The lowest BCUT2D eigenvalue weighted by Crippen LogP contribution is -2.10. The third-order valence-corrected chi connectivity index (χ3v) is 13.1. The molecule has 0 saturated carbocycles. The van der Waals surface area contributed by atoms with Crippen LogP contribution in [0.25, 0.3) is 91.5 Å². The number of hydrogen-bond acceptors (Lipinski definition) is 2. The lowest BCUT2D eigenvalue weighted by molar-refractivity contribution is 1.18. The van der Waals surface area contributed by atoms with Gasteiger partial charge >= 0.3 is 0 Å². The molecule has 0 radical (unpaired) electrons. The quantitative estimate of drug-likeness (QED) is 0.164. The molecular weight excluding hydrogens is 733 g/mol. The van der Waals surface area contributed by atoms with Crippen LogP contribution in [0.2, 0.25) is 0 Å². The number of benzene rings is 10. The molecule has 0 fully saturated rings. The van der Waals surface area contributed by atoms with Gasteiger partial charge in [-0.15, -0.1) is 11.3 Å². The third kappa shape index (κ3) is 5.55. The van der Waals surface area contributed by atoms with Gasteiger partial charge in [0.1, 0.15) is 0 Å². The van der Waals surface area contributed by atoms with Crippen LogP contribution >= 0.6 is 11.3 Å². The summed E-state index contributed by atoms with van der Waals surface area (Å²) in [5, 5.41) is 10.2. The highest BCUT2D eigenvalue weighted by Gasteiger charge is 2.21. The fourth-order valence-corrected chi connectivity index (χ4v) is 10.4. The van der Waals surface area contributed by atoms with Crippen LogP contribution in [0.1, 0.15) is 0 Å². The zero-order chi connectivity index (χ0) is 38.9. The predicted octanol–water partition coefficient (Wildman–Crippen LogP) is 16.3. The van der Waals surface area contributed by atoms with Crippen molar-refractivity contribution in [1.29, 1.82) is 0 Å². The molecule has 0 N–H and O–H groups in total. The summed E-state index contributed by atoms with van der Waals surface area (Å²) in [5.41, 5.74) is 11.6. The van der Waals surface area contributed by atoms with E-state index in [4.69, 9.17) is 0 Å². The van der Waals surface area contributed by atoms with Crippen molar-refractivity contribution >= 4 is 91.9 Å². The van der Waals surface area contributed by atoms with E-state index in [-0.39, 0.29) is 0 Å². The summed E-state index contributed by atoms with van der Waals surface area (Å²) >= 11 is 1.87. The molecule has 0 aliphatic rings. The zero-order valence-electron chi connectivity index (χ0n) is 32.1. The maximum absolute atomic E-state index is 2.45. The molecule has 2 nitrogen and oxygen atoms in total. The summed E-state index contributed by atoms with van der Waals surface area (Å²) in [6.07, 6.45) is 0. The highest BCUT2D eigenvalue weighted by atomic mass is 32.1. The zero-order valence-corrected chi connectivity index (χ0v) is 32.9. The lowest BCUT2D eigenvalue weighted by Gasteiger charge is -2.27. The van der Waals surface area contributed by atoms with Crippen LogP contribution in [0.3, 0.4) is 0 Å². The van der Waals surface area contributed by atoms with Crippen LogP contribution in [0.5, 0.6) is 0 Å². The number of anilines is 3. The SMILES string of the molecule is c1ccc(-c2cc(N(c3ccc4c(c3)sc3ccc5ccccc5c34)c3ccc4c5ccccc5n(-c5ccccc5)c4c3)ccc2-c2ccc3ccccc3c2)cc1. The summed E-state index contributed by atoms with van der Waals surface area (Å²) in [6, 6.07) is 80.1. The lowest BCUT2D eigenvalue weighted by atomic mass is 9.92. The second-order valence-corrected chi connectivity index (χ2v) is 16.4. The van der Waals surface area contributed by atoms with Crippen molar-refractivity contribution < 1.29 is 0 Å². The van der Waals surface area contributed by atoms with E-state index in [1.54, 1.807) is 0 Å². The normalized spacial score (nSPS) is 11.7. The molecule has 10 aromatic carbocycles. The fraction of sp³-hybridized carbons (Fsp3) is 0. The van der Waals surface area contributed by atoms with Crippen molar-refractivity contribution in [3.05, 3.63) is 218 Å². The monoisotopic (exact) mass is 768 g/mol. The number of fused-ring (bicyclic) bond motifs is 9. The van der Waals surface area contributed by atoms with Crippen molar-refractivity contribution in [2.45, 2.75) is 0 Å². The Hall–Kier alpha value is -7.46. The second kappa shape index (κ2) is 13.6. The van der Waals surface area contributed by atoms with Gasteiger partial charge in [0, 0.05) is 53.7 Å². The molecular formula is C56H36N2S. The maximum atomic E-state index is 2.45. The van der Waals surface area contributed by atoms with Gasteiger partial charge in [0.2, 0.25) is 0 Å². The van der Waals surface area contributed by atoms with Crippen molar-refractivity contribution in [2.24, 2.45) is 0 Å². The molecule has 59 heavy (non-hydrogen) atoms. The molecule has 0 bridgehead atoms. The topological polar surface area (TPSA) is 8.17 Å². The van der Waals surface area contributed by atoms with Gasteiger partial charge in [0.15, 0.2) is 0 Å². The molecule has 2 heterocycles. The first-order valence-electron chi connectivity index (χ1n) is 20.2. The Morgan fingerprint density at radius 2 is 0.966 bits per heavy atom. The number of rotatable bonds is 6. The summed E-state index contributed by atoms with van der Waals surface area (Å²) in [7, 11) is 0. The van der Waals surface area contributed by atoms with Crippen LogP contribution in [0.4, 0.5) is 17.1 Å². The van der Waals surface area contributed by atoms with Crippen LogP contribution in [0, 0.1) is 0 Å². The van der Waals surface area contributed by atoms with E-state index in [0.29, 0.717) is 0 Å². The highest BCUT2D eigenvalue weighted by Crippen LogP contribution is 2.46. The average molecular weight is 769 g/mol. The van der Waals surface area contributed by atoms with Crippen LogP contribution in [0.15, 0.2) is 218 Å². The number of nitrogens with zero attached hydrogens (tertiary/aromatic N) is 2. The number of aromatic nitrogens is 1. The second-order valence-electron chi connectivity index (χ2n) is 15.3. The molecule has 0 atom stereocenters. The van der Waals surface area contributed by atoms with Gasteiger partial charge in [-0.2, -0.15) is 0 Å². The van der Waals surface area contributed by atoms with E-state index in [0.717, 1.165) is 22.7 Å². The van der Waals surface area contributed by atoms with E-state index < -0.39 is 0 Å². The standard InChI is InChI=1S/C56H36N2S/c1-3-14-38(15-4-1)51-34-43(26-29-46(51)41-24-23-37-13-7-8-17-40(37)33-41)57(45-28-31-50-55(36-45)59-54-32-25-39-16-9-10-20-47(39)56(50)54)44-27-30-49-48-21-11-12-22-52(48)58(53(49)35-44)42-18-5-2-6-19-42/h1-36H. The molecule has 2 aromatic heterocycles. The molecule has 3 heteroatoms. The minimum atomic E-state index is 1.10. The molecule has 0 unspecified atom stereocenters. The van der Waals surface area contributed by atoms with Gasteiger partial charge in [-0.3, -0.25) is 0 Å². The first kappa shape index (κ1) is 33.7. The van der Waals surface area contributed by atoms with Gasteiger partial charge in [0.05, 0.1) is 11.0 Å². The van der Waals surface area contributed by atoms with Crippen LogP contribution in [-0.2, 0) is 0 Å². The van der Waals surface area contributed by atoms with Crippen molar-refractivity contribution in [3.63, 3.8) is 0 Å². The van der Waals surface area contributed by atoms with Crippen molar-refractivity contribution in [3.8, 4) is 27.9 Å². The Bertz CT molecular complexity index is 3560. The molecule has 276 valence electrons. The van der Waals surface area contributed by atoms with Gasteiger partial charge in [0.25, 0.3) is 0 Å². The summed E-state index contributed by atoms with van der Waals surface area (Å²) in [4.78, 5) is 2.45. The minimum Gasteiger partial charge on any atom is -0.310 e. The maximum Gasteiger partial charge on any atom is 0.0561 e.